The highest BCUT2D eigenvalue weighted by Gasteiger charge is 2.36. The Kier molecular flexibility index (Phi) is 2.34. The van der Waals surface area contributed by atoms with Gasteiger partial charge in [0.1, 0.15) is 0 Å². The SMILES string of the molecule is C=CCC1=C[C@H]2CCCC[C@H]2C1=O. The van der Waals surface area contributed by atoms with Gasteiger partial charge < -0.3 is 0 Å². The zero-order chi connectivity index (χ0) is 9.26. The van der Waals surface area contributed by atoms with Crippen LogP contribution in [-0.4, -0.2) is 5.78 Å². The lowest BCUT2D eigenvalue weighted by Gasteiger charge is -2.22. The lowest BCUT2D eigenvalue weighted by molar-refractivity contribution is -0.120. The van der Waals surface area contributed by atoms with Crippen molar-refractivity contribution in [1.29, 1.82) is 0 Å². The Morgan fingerprint density at radius 2 is 2.23 bits per heavy atom. The lowest BCUT2D eigenvalue weighted by atomic mass is 9.81. The third-order valence-corrected chi connectivity index (χ3v) is 3.25. The summed E-state index contributed by atoms with van der Waals surface area (Å²) in [5.41, 5.74) is 1.02. The van der Waals surface area contributed by atoms with Crippen molar-refractivity contribution in [3.05, 3.63) is 24.3 Å². The second-order valence-corrected chi connectivity index (χ2v) is 4.10. The first-order valence-corrected chi connectivity index (χ1v) is 5.18. The molecule has 0 unspecified atom stereocenters. The molecule has 0 aliphatic heterocycles. The fourth-order valence-electron chi connectivity index (χ4n) is 2.59. The van der Waals surface area contributed by atoms with Gasteiger partial charge in [-0.25, -0.2) is 0 Å². The van der Waals surface area contributed by atoms with Crippen molar-refractivity contribution in [2.75, 3.05) is 0 Å². The number of ketones is 1. The van der Waals surface area contributed by atoms with Crippen molar-refractivity contribution >= 4 is 5.78 Å². The first-order valence-electron chi connectivity index (χ1n) is 5.18. The van der Waals surface area contributed by atoms with Crippen molar-refractivity contribution < 1.29 is 4.79 Å². The Morgan fingerprint density at radius 3 is 2.92 bits per heavy atom. The van der Waals surface area contributed by atoms with Gasteiger partial charge in [0.15, 0.2) is 5.78 Å². The van der Waals surface area contributed by atoms with Crippen LogP contribution in [0.25, 0.3) is 0 Å². The molecule has 0 heterocycles. The van der Waals surface area contributed by atoms with Gasteiger partial charge in [0.2, 0.25) is 0 Å². The fourth-order valence-corrected chi connectivity index (χ4v) is 2.59. The van der Waals surface area contributed by atoms with Crippen LogP contribution in [0.3, 0.4) is 0 Å². The quantitative estimate of drug-likeness (QED) is 0.591. The van der Waals surface area contributed by atoms with E-state index in [0.29, 0.717) is 17.6 Å². The maximum atomic E-state index is 11.8. The molecule has 2 rings (SSSR count). The van der Waals surface area contributed by atoms with E-state index in [9.17, 15) is 4.79 Å². The smallest absolute Gasteiger partial charge is 0.162 e. The van der Waals surface area contributed by atoms with E-state index in [-0.39, 0.29) is 0 Å². The van der Waals surface area contributed by atoms with Crippen molar-refractivity contribution in [2.45, 2.75) is 32.1 Å². The second-order valence-electron chi connectivity index (χ2n) is 4.10. The summed E-state index contributed by atoms with van der Waals surface area (Å²) >= 11 is 0. The number of fused-ring (bicyclic) bond motifs is 1. The summed E-state index contributed by atoms with van der Waals surface area (Å²) in [6, 6.07) is 0. The predicted octanol–water partition coefficient (Wildman–Crippen LogP) is 2.88. The highest BCUT2D eigenvalue weighted by molar-refractivity contribution is 6.00. The molecule has 2 aliphatic carbocycles. The van der Waals surface area contributed by atoms with Gasteiger partial charge in [-0.05, 0) is 30.8 Å². The zero-order valence-corrected chi connectivity index (χ0v) is 7.96. The summed E-state index contributed by atoms with van der Waals surface area (Å²) in [4.78, 5) is 11.8. The summed E-state index contributed by atoms with van der Waals surface area (Å²) in [6.45, 7) is 3.68. The number of hydrogen-bond acceptors (Lipinski definition) is 1. The van der Waals surface area contributed by atoms with E-state index in [1.807, 2.05) is 6.08 Å². The van der Waals surface area contributed by atoms with Crippen LogP contribution >= 0.6 is 0 Å². The lowest BCUT2D eigenvalue weighted by Crippen LogP contribution is -2.20. The standard InChI is InChI=1S/C12H16O/c1-2-5-10-8-9-6-3-4-7-11(9)12(10)13/h2,8-9,11H,1,3-7H2/t9-,11-/m1/s1. The summed E-state index contributed by atoms with van der Waals surface area (Å²) in [6.07, 6.45) is 9.67. The van der Waals surface area contributed by atoms with Crippen LogP contribution in [0.5, 0.6) is 0 Å². The molecule has 0 bridgehead atoms. The number of hydrogen-bond donors (Lipinski definition) is 0. The molecule has 0 N–H and O–H groups in total. The number of carbonyl (C=O) groups excluding carboxylic acids is 1. The van der Waals surface area contributed by atoms with Gasteiger partial charge in [0.05, 0.1) is 0 Å². The predicted molar refractivity (Wildman–Crippen MR) is 53.4 cm³/mol. The zero-order valence-electron chi connectivity index (χ0n) is 7.96. The van der Waals surface area contributed by atoms with Gasteiger partial charge in [-0.2, -0.15) is 0 Å². The van der Waals surface area contributed by atoms with Crippen molar-refractivity contribution in [1.82, 2.24) is 0 Å². The van der Waals surface area contributed by atoms with Crippen LogP contribution < -0.4 is 0 Å². The van der Waals surface area contributed by atoms with E-state index in [0.717, 1.165) is 18.4 Å². The van der Waals surface area contributed by atoms with Crippen LogP contribution in [0.4, 0.5) is 0 Å². The number of carbonyl (C=O) groups is 1. The van der Waals surface area contributed by atoms with Crippen LogP contribution in [0, 0.1) is 11.8 Å². The molecular weight excluding hydrogens is 160 g/mol. The fraction of sp³-hybridized carbons (Fsp3) is 0.583. The molecule has 1 saturated carbocycles. The minimum absolute atomic E-state index is 0.337. The van der Waals surface area contributed by atoms with Gasteiger partial charge in [0, 0.05) is 5.92 Å². The molecular formula is C12H16O. The third-order valence-electron chi connectivity index (χ3n) is 3.25. The van der Waals surface area contributed by atoms with E-state index in [4.69, 9.17) is 0 Å². The maximum Gasteiger partial charge on any atom is 0.162 e. The molecule has 0 aromatic carbocycles. The van der Waals surface area contributed by atoms with Crippen LogP contribution in [0.15, 0.2) is 24.3 Å². The highest BCUT2D eigenvalue weighted by atomic mass is 16.1. The van der Waals surface area contributed by atoms with Crippen LogP contribution in [0.2, 0.25) is 0 Å². The van der Waals surface area contributed by atoms with Gasteiger partial charge in [-0.1, -0.05) is 25.0 Å². The molecule has 2 aliphatic rings. The molecule has 0 radical (unpaired) electrons. The van der Waals surface area contributed by atoms with Gasteiger partial charge >= 0.3 is 0 Å². The first-order chi connectivity index (χ1) is 6.33. The van der Waals surface area contributed by atoms with E-state index in [1.54, 1.807) is 0 Å². The normalized spacial score (nSPS) is 32.6. The van der Waals surface area contributed by atoms with Crippen molar-refractivity contribution in [3.8, 4) is 0 Å². The molecule has 2 atom stereocenters. The number of Topliss-reactive ketones (excluding diaryl/α,β-unsaturated/α-hetero) is 1. The number of allylic oxidation sites excluding steroid dienone is 3. The summed E-state index contributed by atoms with van der Waals surface area (Å²) in [7, 11) is 0. The van der Waals surface area contributed by atoms with Crippen LogP contribution in [-0.2, 0) is 4.79 Å². The molecule has 0 saturated heterocycles. The molecule has 13 heavy (non-hydrogen) atoms. The van der Waals surface area contributed by atoms with Gasteiger partial charge in [0.25, 0.3) is 0 Å². The Hall–Kier alpha value is -0.850. The monoisotopic (exact) mass is 176 g/mol. The molecule has 70 valence electrons. The Labute approximate surface area is 79.5 Å². The number of rotatable bonds is 2. The Morgan fingerprint density at radius 1 is 1.46 bits per heavy atom. The van der Waals surface area contributed by atoms with Crippen molar-refractivity contribution in [2.24, 2.45) is 11.8 Å². The average Bonchev–Trinajstić information content (AvgIpc) is 2.46. The molecule has 0 aromatic rings. The highest BCUT2D eigenvalue weighted by Crippen LogP contribution is 2.39. The molecule has 1 nitrogen and oxygen atoms in total. The largest absolute Gasteiger partial charge is 0.294 e. The molecule has 0 spiro atoms. The van der Waals surface area contributed by atoms with E-state index >= 15 is 0 Å². The first kappa shape index (κ1) is 8.74. The van der Waals surface area contributed by atoms with Crippen LogP contribution in [0.1, 0.15) is 32.1 Å². The van der Waals surface area contributed by atoms with E-state index in [1.165, 1.54) is 19.3 Å². The van der Waals surface area contributed by atoms with Gasteiger partial charge in [-0.3, -0.25) is 4.79 Å². The summed E-state index contributed by atoms with van der Waals surface area (Å²) < 4.78 is 0. The molecule has 0 aromatic heterocycles. The van der Waals surface area contributed by atoms with Gasteiger partial charge in [-0.15, -0.1) is 6.58 Å². The minimum Gasteiger partial charge on any atom is -0.294 e. The molecule has 0 amide bonds. The maximum absolute atomic E-state index is 11.8. The van der Waals surface area contributed by atoms with E-state index in [2.05, 4.69) is 12.7 Å². The Balaban J connectivity index is 2.14. The van der Waals surface area contributed by atoms with Crippen molar-refractivity contribution in [3.63, 3.8) is 0 Å². The van der Waals surface area contributed by atoms with E-state index < -0.39 is 0 Å². The average molecular weight is 176 g/mol. The second kappa shape index (κ2) is 3.49. The minimum atomic E-state index is 0.337. The Bertz CT molecular complexity index is 262. The summed E-state index contributed by atoms with van der Waals surface area (Å²) in [5, 5.41) is 0. The molecule has 1 fully saturated rings. The molecule has 1 heteroatoms. The third kappa shape index (κ3) is 1.48. The topological polar surface area (TPSA) is 17.1 Å². The summed E-state index contributed by atoms with van der Waals surface area (Å²) in [5.74, 6) is 1.31.